The van der Waals surface area contributed by atoms with E-state index in [1.54, 1.807) is 12.3 Å². The normalized spacial score (nSPS) is 10.9. The first kappa shape index (κ1) is 10.4. The fraction of sp³-hybridized carbons (Fsp3) is 0. The Morgan fingerprint density at radius 1 is 1.36 bits per heavy atom. The second-order valence-electron chi connectivity index (χ2n) is 2.52. The van der Waals surface area contributed by atoms with Gasteiger partial charge < -0.3 is 5.73 Å². The summed E-state index contributed by atoms with van der Waals surface area (Å²) in [7, 11) is 0. The first-order chi connectivity index (χ1) is 6.79. The van der Waals surface area contributed by atoms with Crippen LogP contribution in [0.4, 0.5) is 0 Å². The molecule has 0 radical (unpaired) electrons. The Morgan fingerprint density at radius 3 is 2.71 bits per heavy atom. The van der Waals surface area contributed by atoms with Crippen molar-refractivity contribution < 1.29 is 0 Å². The minimum Gasteiger partial charge on any atom is -0.375 e. The van der Waals surface area contributed by atoms with Gasteiger partial charge in [-0.25, -0.2) is 0 Å². The van der Waals surface area contributed by atoms with E-state index >= 15 is 0 Å². The minimum atomic E-state index is 0.161. The number of nitrogens with zero attached hydrogens (tertiary/aromatic N) is 1. The molecule has 0 aliphatic carbocycles. The molecule has 0 aromatic heterocycles. The molecule has 0 aliphatic heterocycles. The van der Waals surface area contributed by atoms with Crippen molar-refractivity contribution in [2.24, 2.45) is 10.8 Å². The molecule has 0 fully saturated rings. The topological polar surface area (TPSA) is 50.4 Å². The van der Waals surface area contributed by atoms with Crippen molar-refractivity contribution in [2.75, 3.05) is 0 Å². The Labute approximate surface area is 88.3 Å². The molecule has 1 aromatic carbocycles. The van der Waals surface area contributed by atoms with E-state index in [1.807, 2.05) is 36.4 Å². The highest BCUT2D eigenvalue weighted by molar-refractivity contribution is 7.80. The lowest BCUT2D eigenvalue weighted by Crippen LogP contribution is -2.23. The van der Waals surface area contributed by atoms with E-state index in [0.717, 1.165) is 5.56 Å². The third-order valence-electron chi connectivity index (χ3n) is 1.42. The molecule has 3 nitrogen and oxygen atoms in total. The third kappa shape index (κ3) is 4.37. The van der Waals surface area contributed by atoms with Gasteiger partial charge in [-0.1, -0.05) is 36.4 Å². The summed E-state index contributed by atoms with van der Waals surface area (Å²) in [6, 6.07) is 9.94. The molecule has 0 atom stereocenters. The van der Waals surface area contributed by atoms with Crippen LogP contribution in [0.15, 0.2) is 41.5 Å². The van der Waals surface area contributed by atoms with Crippen molar-refractivity contribution in [1.82, 2.24) is 5.43 Å². The van der Waals surface area contributed by atoms with Crippen molar-refractivity contribution in [3.05, 3.63) is 42.0 Å². The largest absolute Gasteiger partial charge is 0.375 e. The minimum absolute atomic E-state index is 0.161. The van der Waals surface area contributed by atoms with Crippen LogP contribution in [0.2, 0.25) is 0 Å². The molecule has 0 saturated carbocycles. The highest BCUT2D eigenvalue weighted by atomic mass is 32.1. The molecular formula is C10H11N3S. The van der Waals surface area contributed by atoms with Crippen LogP contribution in [0.25, 0.3) is 6.08 Å². The summed E-state index contributed by atoms with van der Waals surface area (Å²) in [6.07, 6.45) is 5.33. The second kappa shape index (κ2) is 5.88. The van der Waals surface area contributed by atoms with Crippen molar-refractivity contribution in [3.63, 3.8) is 0 Å². The van der Waals surface area contributed by atoms with E-state index in [1.165, 1.54) is 0 Å². The monoisotopic (exact) mass is 205 g/mol. The Balaban J connectivity index is 2.42. The standard InChI is InChI=1S/C10H11N3S/c11-10(14)13-12-8-4-7-9-5-2-1-3-6-9/h1-8H,(H3,11,13,14)/b7-4-,12-8?. The van der Waals surface area contributed by atoms with Gasteiger partial charge in [0, 0.05) is 6.21 Å². The molecule has 0 saturated heterocycles. The van der Waals surface area contributed by atoms with Gasteiger partial charge in [0.05, 0.1) is 0 Å². The predicted molar refractivity (Wildman–Crippen MR) is 63.9 cm³/mol. The fourth-order valence-corrected chi connectivity index (χ4v) is 0.915. The van der Waals surface area contributed by atoms with Gasteiger partial charge >= 0.3 is 0 Å². The summed E-state index contributed by atoms with van der Waals surface area (Å²) in [5.41, 5.74) is 8.75. The Hall–Kier alpha value is -1.68. The number of benzene rings is 1. The Bertz CT molecular complexity index is 344. The molecule has 1 rings (SSSR count). The van der Waals surface area contributed by atoms with Gasteiger partial charge in [0.25, 0.3) is 0 Å². The average molecular weight is 205 g/mol. The van der Waals surface area contributed by atoms with Crippen LogP contribution < -0.4 is 11.2 Å². The van der Waals surface area contributed by atoms with Crippen LogP contribution in [0.3, 0.4) is 0 Å². The first-order valence-corrected chi connectivity index (χ1v) is 4.50. The molecule has 0 bridgehead atoms. The molecule has 0 aliphatic rings. The van der Waals surface area contributed by atoms with E-state index in [4.69, 9.17) is 5.73 Å². The summed E-state index contributed by atoms with van der Waals surface area (Å²) in [5, 5.41) is 3.92. The zero-order chi connectivity index (χ0) is 10.2. The number of hydrazone groups is 1. The number of hydrogen-bond donors (Lipinski definition) is 2. The summed E-state index contributed by atoms with van der Waals surface area (Å²) in [4.78, 5) is 0. The number of thiocarbonyl (C=S) groups is 1. The molecule has 0 spiro atoms. The lowest BCUT2D eigenvalue weighted by Gasteiger charge is -1.91. The average Bonchev–Trinajstić information content (AvgIpc) is 2.18. The highest BCUT2D eigenvalue weighted by Crippen LogP contribution is 1.99. The van der Waals surface area contributed by atoms with Crippen LogP contribution in [-0.2, 0) is 0 Å². The van der Waals surface area contributed by atoms with Crippen molar-refractivity contribution in [2.45, 2.75) is 0 Å². The van der Waals surface area contributed by atoms with Crippen molar-refractivity contribution in [1.29, 1.82) is 0 Å². The molecular weight excluding hydrogens is 194 g/mol. The maximum atomic E-state index is 5.17. The van der Waals surface area contributed by atoms with E-state index in [-0.39, 0.29) is 5.11 Å². The fourth-order valence-electron chi connectivity index (χ4n) is 0.862. The van der Waals surface area contributed by atoms with Crippen LogP contribution in [0.1, 0.15) is 5.56 Å². The summed E-state index contributed by atoms with van der Waals surface area (Å²) in [6.45, 7) is 0. The van der Waals surface area contributed by atoms with E-state index in [0.29, 0.717) is 0 Å². The van der Waals surface area contributed by atoms with Crippen LogP contribution in [0, 0.1) is 0 Å². The van der Waals surface area contributed by atoms with Crippen molar-refractivity contribution >= 4 is 29.6 Å². The van der Waals surface area contributed by atoms with Crippen LogP contribution >= 0.6 is 12.2 Å². The molecule has 1 aromatic rings. The molecule has 3 N–H and O–H groups in total. The molecule has 0 amide bonds. The number of hydrogen-bond acceptors (Lipinski definition) is 2. The van der Waals surface area contributed by atoms with E-state index < -0.39 is 0 Å². The predicted octanol–water partition coefficient (Wildman–Crippen LogP) is 1.52. The zero-order valence-electron chi connectivity index (χ0n) is 7.55. The van der Waals surface area contributed by atoms with E-state index in [2.05, 4.69) is 22.7 Å². The lowest BCUT2D eigenvalue weighted by molar-refractivity contribution is 1.04. The summed E-state index contributed by atoms with van der Waals surface area (Å²) < 4.78 is 0. The van der Waals surface area contributed by atoms with E-state index in [9.17, 15) is 0 Å². The molecule has 0 heterocycles. The quantitative estimate of drug-likeness (QED) is 0.447. The number of nitrogens with one attached hydrogen (secondary N) is 1. The van der Waals surface area contributed by atoms with Gasteiger partial charge in [-0.3, -0.25) is 5.43 Å². The smallest absolute Gasteiger partial charge is 0.184 e. The zero-order valence-corrected chi connectivity index (χ0v) is 8.37. The third-order valence-corrected chi connectivity index (χ3v) is 1.51. The van der Waals surface area contributed by atoms with Crippen molar-refractivity contribution in [3.8, 4) is 0 Å². The lowest BCUT2D eigenvalue weighted by atomic mass is 10.2. The Kier molecular flexibility index (Phi) is 4.37. The second-order valence-corrected chi connectivity index (χ2v) is 2.96. The van der Waals surface area contributed by atoms with Gasteiger partial charge in [-0.15, -0.1) is 0 Å². The highest BCUT2D eigenvalue weighted by Gasteiger charge is 1.80. The van der Waals surface area contributed by atoms with Gasteiger partial charge in [0.15, 0.2) is 5.11 Å². The molecule has 4 heteroatoms. The molecule has 72 valence electrons. The van der Waals surface area contributed by atoms with Crippen LogP contribution in [0.5, 0.6) is 0 Å². The summed E-state index contributed by atoms with van der Waals surface area (Å²) in [5.74, 6) is 0. The summed E-state index contributed by atoms with van der Waals surface area (Å²) >= 11 is 4.57. The van der Waals surface area contributed by atoms with Gasteiger partial charge in [0.1, 0.15) is 0 Å². The first-order valence-electron chi connectivity index (χ1n) is 4.09. The SMILES string of the molecule is NC(=S)NN=C/C=C\c1ccccc1. The number of rotatable bonds is 3. The maximum absolute atomic E-state index is 5.17. The number of allylic oxidation sites excluding steroid dienone is 1. The van der Waals surface area contributed by atoms with Gasteiger partial charge in [-0.2, -0.15) is 5.10 Å². The molecule has 14 heavy (non-hydrogen) atoms. The van der Waals surface area contributed by atoms with Gasteiger partial charge in [-0.05, 0) is 23.9 Å². The van der Waals surface area contributed by atoms with Gasteiger partial charge in [0.2, 0.25) is 0 Å². The van der Waals surface area contributed by atoms with Crippen LogP contribution in [-0.4, -0.2) is 11.3 Å². The Morgan fingerprint density at radius 2 is 2.07 bits per heavy atom. The molecule has 0 unspecified atom stereocenters. The maximum Gasteiger partial charge on any atom is 0.184 e. The number of nitrogens with two attached hydrogens (primary N) is 1.